The highest BCUT2D eigenvalue weighted by molar-refractivity contribution is 7.95. The van der Waals surface area contributed by atoms with Crippen molar-refractivity contribution in [2.45, 2.75) is 37.5 Å². The molecule has 0 amide bonds. The van der Waals surface area contributed by atoms with Crippen molar-refractivity contribution >= 4 is 41.2 Å². The molecule has 0 aromatic heterocycles. The van der Waals surface area contributed by atoms with Gasteiger partial charge in [0.25, 0.3) is 0 Å². The number of methoxy groups -OCH3 is 1. The van der Waals surface area contributed by atoms with Gasteiger partial charge in [-0.1, -0.05) is 43.0 Å². The van der Waals surface area contributed by atoms with Gasteiger partial charge in [-0.3, -0.25) is 4.79 Å². The lowest BCUT2D eigenvalue weighted by atomic mass is 10.2. The third-order valence-corrected chi connectivity index (χ3v) is 4.21. The van der Waals surface area contributed by atoms with Crippen LogP contribution >= 0.6 is 35.2 Å². The summed E-state index contributed by atoms with van der Waals surface area (Å²) in [6.07, 6.45) is 3.35. The number of rotatable bonds is 7. The second-order valence-electron chi connectivity index (χ2n) is 3.89. The van der Waals surface area contributed by atoms with Crippen LogP contribution < -0.4 is 4.74 Å². The molecule has 0 N–H and O–H groups in total. The fourth-order valence-corrected chi connectivity index (χ4v) is 2.50. The number of halogens is 2. The van der Waals surface area contributed by atoms with Gasteiger partial charge in [0, 0.05) is 6.42 Å². The first kappa shape index (κ1) is 16.5. The molecule has 0 aliphatic heterocycles. The van der Waals surface area contributed by atoms with Crippen molar-refractivity contribution in [3.05, 3.63) is 22.2 Å². The summed E-state index contributed by atoms with van der Waals surface area (Å²) in [5.41, 5.74) is 0. The number of hydrogen-bond donors (Lipinski definition) is 0. The van der Waals surface area contributed by atoms with Crippen LogP contribution in [-0.4, -0.2) is 13.1 Å². The van der Waals surface area contributed by atoms with Crippen molar-refractivity contribution in [1.82, 2.24) is 0 Å². The maximum Gasteiger partial charge on any atom is 0.318 e. The number of carbonyl (C=O) groups excluding carboxylic acids is 1. The molecular weight excluding hydrogens is 307 g/mol. The van der Waals surface area contributed by atoms with Crippen LogP contribution in [0.1, 0.15) is 32.6 Å². The van der Waals surface area contributed by atoms with Gasteiger partial charge in [-0.15, -0.1) is 0 Å². The topological polar surface area (TPSA) is 35.5 Å². The molecule has 106 valence electrons. The maximum absolute atomic E-state index is 11.5. The van der Waals surface area contributed by atoms with Crippen molar-refractivity contribution in [3.8, 4) is 5.75 Å². The summed E-state index contributed by atoms with van der Waals surface area (Å²) in [7, 11) is 1.51. The van der Waals surface area contributed by atoms with Crippen LogP contribution in [-0.2, 0) is 8.98 Å². The second kappa shape index (κ2) is 8.56. The Kier molecular flexibility index (Phi) is 7.42. The molecule has 19 heavy (non-hydrogen) atoms. The lowest BCUT2D eigenvalue weighted by Crippen LogP contribution is -1.98. The van der Waals surface area contributed by atoms with Crippen molar-refractivity contribution < 1.29 is 13.7 Å². The number of unbranched alkanes of at least 4 members (excludes halogenated alkanes) is 2. The molecule has 0 atom stereocenters. The lowest BCUT2D eigenvalue weighted by molar-refractivity contribution is -0.133. The second-order valence-corrected chi connectivity index (χ2v) is 5.42. The van der Waals surface area contributed by atoms with E-state index in [4.69, 9.17) is 32.1 Å². The minimum Gasteiger partial charge on any atom is -0.495 e. The molecule has 0 saturated heterocycles. The van der Waals surface area contributed by atoms with E-state index in [9.17, 15) is 4.79 Å². The van der Waals surface area contributed by atoms with E-state index in [1.165, 1.54) is 7.11 Å². The van der Waals surface area contributed by atoms with E-state index >= 15 is 0 Å². The predicted molar refractivity (Wildman–Crippen MR) is 79.1 cm³/mol. The molecule has 3 nitrogen and oxygen atoms in total. The van der Waals surface area contributed by atoms with E-state index in [-0.39, 0.29) is 5.97 Å². The first-order valence-electron chi connectivity index (χ1n) is 5.99. The van der Waals surface area contributed by atoms with E-state index in [2.05, 4.69) is 6.92 Å². The number of carbonyl (C=O) groups is 1. The molecule has 0 spiro atoms. The van der Waals surface area contributed by atoms with Gasteiger partial charge in [-0.2, -0.15) is 0 Å². The molecule has 0 saturated carbocycles. The summed E-state index contributed by atoms with van der Waals surface area (Å²) in [6, 6.07) is 3.39. The highest BCUT2D eigenvalue weighted by Gasteiger charge is 2.13. The Bertz CT molecular complexity index is 438. The predicted octanol–water partition coefficient (Wildman–Crippen LogP) is 5.13. The standard InChI is InChI=1S/C13H16Cl2O3S/c1-3-4-5-6-11(16)18-19-10-8-7-9(17-2)12(14)13(10)15/h7-8H,3-6H2,1-2H3. The highest BCUT2D eigenvalue weighted by atomic mass is 35.5. The smallest absolute Gasteiger partial charge is 0.318 e. The van der Waals surface area contributed by atoms with Gasteiger partial charge in [0.05, 0.1) is 29.1 Å². The summed E-state index contributed by atoms with van der Waals surface area (Å²) in [4.78, 5) is 12.1. The molecule has 0 aliphatic carbocycles. The van der Waals surface area contributed by atoms with E-state index in [0.717, 1.165) is 31.3 Å². The van der Waals surface area contributed by atoms with Gasteiger partial charge in [-0.25, -0.2) is 0 Å². The summed E-state index contributed by atoms with van der Waals surface area (Å²) >= 11 is 13.0. The molecule has 0 unspecified atom stereocenters. The van der Waals surface area contributed by atoms with E-state index in [1.807, 2.05) is 0 Å². The third kappa shape index (κ3) is 5.13. The summed E-state index contributed by atoms with van der Waals surface area (Å²) in [5.74, 6) is 0.242. The van der Waals surface area contributed by atoms with Crippen LogP contribution in [0, 0.1) is 0 Å². The van der Waals surface area contributed by atoms with Crippen molar-refractivity contribution in [2.75, 3.05) is 7.11 Å². The highest BCUT2D eigenvalue weighted by Crippen LogP contribution is 2.39. The SMILES string of the molecule is CCCCCC(=O)OSc1ccc(OC)c(Cl)c1Cl. The van der Waals surface area contributed by atoms with Crippen LogP contribution in [0.3, 0.4) is 0 Å². The normalized spacial score (nSPS) is 10.3. The zero-order valence-electron chi connectivity index (χ0n) is 10.9. The van der Waals surface area contributed by atoms with Gasteiger partial charge >= 0.3 is 5.97 Å². The zero-order chi connectivity index (χ0) is 14.3. The molecule has 0 radical (unpaired) electrons. The van der Waals surface area contributed by atoms with Gasteiger partial charge < -0.3 is 8.92 Å². The molecule has 0 heterocycles. The van der Waals surface area contributed by atoms with Crippen LogP contribution in [0.4, 0.5) is 0 Å². The molecule has 0 bridgehead atoms. The van der Waals surface area contributed by atoms with Crippen molar-refractivity contribution in [1.29, 1.82) is 0 Å². The largest absolute Gasteiger partial charge is 0.495 e. The fourth-order valence-electron chi connectivity index (χ4n) is 1.39. The average Bonchev–Trinajstić information content (AvgIpc) is 2.41. The molecule has 1 aromatic carbocycles. The lowest BCUT2D eigenvalue weighted by Gasteiger charge is -2.08. The molecule has 0 aliphatic rings. The van der Waals surface area contributed by atoms with Crippen molar-refractivity contribution in [3.63, 3.8) is 0 Å². The van der Waals surface area contributed by atoms with E-state index < -0.39 is 0 Å². The minimum atomic E-state index is -0.249. The van der Waals surface area contributed by atoms with E-state index in [1.54, 1.807) is 12.1 Å². The summed E-state index contributed by atoms with van der Waals surface area (Å²) in [5, 5.41) is 0.642. The van der Waals surface area contributed by atoms with Gasteiger partial charge in [-0.05, 0) is 18.6 Å². The Labute approximate surface area is 127 Å². The molecule has 1 rings (SSSR count). The van der Waals surface area contributed by atoms with Crippen molar-refractivity contribution in [2.24, 2.45) is 0 Å². The Morgan fingerprint density at radius 2 is 2.00 bits per heavy atom. The van der Waals surface area contributed by atoms with Gasteiger partial charge in [0.1, 0.15) is 10.8 Å². The quantitative estimate of drug-likeness (QED) is 0.514. The Morgan fingerprint density at radius 3 is 2.63 bits per heavy atom. The molecule has 1 aromatic rings. The Morgan fingerprint density at radius 1 is 1.26 bits per heavy atom. The molecular formula is C13H16Cl2O3S. The average molecular weight is 323 g/mol. The molecule has 6 heteroatoms. The zero-order valence-corrected chi connectivity index (χ0v) is 13.2. The van der Waals surface area contributed by atoms with Crippen LogP contribution in [0.5, 0.6) is 5.75 Å². The number of hydrogen-bond acceptors (Lipinski definition) is 4. The first-order valence-corrected chi connectivity index (χ1v) is 7.49. The fraction of sp³-hybridized carbons (Fsp3) is 0.462. The van der Waals surface area contributed by atoms with Crippen LogP contribution in [0.15, 0.2) is 17.0 Å². The van der Waals surface area contributed by atoms with Crippen LogP contribution in [0.2, 0.25) is 10.0 Å². The summed E-state index contributed by atoms with van der Waals surface area (Å²) < 4.78 is 10.1. The molecule has 0 fully saturated rings. The Hall–Kier alpha value is -0.580. The first-order chi connectivity index (χ1) is 9.10. The Balaban J connectivity index is 2.54. The van der Waals surface area contributed by atoms with Gasteiger partial charge in [0.15, 0.2) is 0 Å². The van der Waals surface area contributed by atoms with E-state index in [0.29, 0.717) is 27.1 Å². The number of ether oxygens (including phenoxy) is 1. The number of benzene rings is 1. The summed E-state index contributed by atoms with van der Waals surface area (Å²) in [6.45, 7) is 2.08. The monoisotopic (exact) mass is 322 g/mol. The maximum atomic E-state index is 11.5. The van der Waals surface area contributed by atoms with Crippen LogP contribution in [0.25, 0.3) is 0 Å². The van der Waals surface area contributed by atoms with Gasteiger partial charge in [0.2, 0.25) is 0 Å². The third-order valence-electron chi connectivity index (χ3n) is 2.44. The minimum absolute atomic E-state index is 0.249.